The van der Waals surface area contributed by atoms with Crippen molar-refractivity contribution in [3.05, 3.63) is 64.7 Å². The van der Waals surface area contributed by atoms with Gasteiger partial charge in [-0.1, -0.05) is 41.9 Å². The molecule has 2 aromatic carbocycles. The summed E-state index contributed by atoms with van der Waals surface area (Å²) in [5.74, 6) is -0.617. The molecule has 0 aliphatic carbocycles. The van der Waals surface area contributed by atoms with Crippen LogP contribution in [-0.4, -0.2) is 23.8 Å². The third-order valence-electron chi connectivity index (χ3n) is 5.64. The average molecular weight is 402 g/mol. The molecule has 5 unspecified atom stereocenters. The Kier molecular flexibility index (Phi) is 5.55. The lowest BCUT2D eigenvalue weighted by Gasteiger charge is -2.39. The van der Waals surface area contributed by atoms with Gasteiger partial charge in [0.1, 0.15) is 5.75 Å². The molecule has 0 radical (unpaired) electrons. The van der Waals surface area contributed by atoms with Gasteiger partial charge in [-0.2, -0.15) is 0 Å². The van der Waals surface area contributed by atoms with Gasteiger partial charge >= 0.3 is 5.97 Å². The molecule has 4 rings (SSSR count). The van der Waals surface area contributed by atoms with Crippen molar-refractivity contribution in [2.45, 2.75) is 31.6 Å². The van der Waals surface area contributed by atoms with Gasteiger partial charge in [-0.15, -0.1) is 0 Å². The van der Waals surface area contributed by atoms with Crippen LogP contribution in [0.1, 0.15) is 36.6 Å². The van der Waals surface area contributed by atoms with E-state index in [2.05, 4.69) is 16.2 Å². The highest BCUT2D eigenvalue weighted by molar-refractivity contribution is 6.30. The second kappa shape index (κ2) is 8.09. The minimum atomic E-state index is -0.778. The number of halogens is 1. The van der Waals surface area contributed by atoms with Crippen molar-refractivity contribution in [2.24, 2.45) is 11.8 Å². The average Bonchev–Trinajstić information content (AvgIpc) is 3.12. The van der Waals surface area contributed by atoms with Gasteiger partial charge in [0.2, 0.25) is 0 Å². The molecule has 2 heterocycles. The van der Waals surface area contributed by atoms with Gasteiger partial charge in [0, 0.05) is 22.5 Å². The molecule has 7 heteroatoms. The van der Waals surface area contributed by atoms with Crippen LogP contribution < -0.4 is 20.9 Å². The molecule has 28 heavy (non-hydrogen) atoms. The number of fused-ring (bicyclic) bond motifs is 1. The molecule has 0 aromatic heterocycles. The Balaban J connectivity index is 1.63. The lowest BCUT2D eigenvalue weighted by Crippen LogP contribution is -2.53. The summed E-state index contributed by atoms with van der Waals surface area (Å²) in [6, 6.07) is 15.2. The van der Waals surface area contributed by atoms with Gasteiger partial charge in [-0.05, 0) is 37.1 Å². The van der Waals surface area contributed by atoms with Crippen molar-refractivity contribution in [3.8, 4) is 5.75 Å². The van der Waals surface area contributed by atoms with Gasteiger partial charge in [0.05, 0.1) is 24.7 Å². The van der Waals surface area contributed by atoms with Gasteiger partial charge in [0.15, 0.2) is 0 Å². The summed E-state index contributed by atoms with van der Waals surface area (Å²) >= 11 is 6.01. The van der Waals surface area contributed by atoms with Gasteiger partial charge in [0.25, 0.3) is 0 Å². The molecule has 2 aromatic rings. The van der Waals surface area contributed by atoms with E-state index in [0.717, 1.165) is 16.9 Å². The van der Waals surface area contributed by atoms with Crippen LogP contribution in [0.4, 0.5) is 0 Å². The maximum absolute atomic E-state index is 12.2. The second-order valence-electron chi connectivity index (χ2n) is 7.24. The summed E-state index contributed by atoms with van der Waals surface area (Å²) in [4.78, 5) is 12.2. The molecule has 2 aliphatic rings. The number of rotatable bonds is 5. The van der Waals surface area contributed by atoms with E-state index in [1.165, 1.54) is 0 Å². The predicted octanol–water partition coefficient (Wildman–Crippen LogP) is 3.27. The van der Waals surface area contributed by atoms with E-state index in [0.29, 0.717) is 18.1 Å². The molecule has 2 aliphatic heterocycles. The van der Waals surface area contributed by atoms with Crippen LogP contribution in [0.2, 0.25) is 5.02 Å². The number of piperidine rings is 1. The number of carboxylic acids is 1. The third kappa shape index (κ3) is 3.61. The molecule has 0 bridgehead atoms. The molecular formula is C21H24ClN3O3. The SMILES string of the molecule is CCOc1ccccc1C1CC(C(=O)O)C2C(NNC2c2ccc(Cl)cc2)N1. The van der Waals surface area contributed by atoms with Crippen LogP contribution in [0.3, 0.4) is 0 Å². The van der Waals surface area contributed by atoms with Gasteiger partial charge < -0.3 is 9.84 Å². The van der Waals surface area contributed by atoms with Crippen molar-refractivity contribution in [3.63, 3.8) is 0 Å². The Labute approximate surface area is 169 Å². The van der Waals surface area contributed by atoms with E-state index < -0.39 is 11.9 Å². The zero-order chi connectivity index (χ0) is 19.7. The van der Waals surface area contributed by atoms with E-state index in [1.807, 2.05) is 55.5 Å². The number of ether oxygens (including phenoxy) is 1. The number of nitrogens with one attached hydrogen (secondary N) is 3. The highest BCUT2D eigenvalue weighted by atomic mass is 35.5. The molecule has 5 atom stereocenters. The zero-order valence-corrected chi connectivity index (χ0v) is 16.3. The largest absolute Gasteiger partial charge is 0.494 e. The normalized spacial score (nSPS) is 29.3. The lowest BCUT2D eigenvalue weighted by atomic mass is 9.74. The van der Waals surface area contributed by atoms with E-state index in [4.69, 9.17) is 16.3 Å². The van der Waals surface area contributed by atoms with Crippen molar-refractivity contribution in [2.75, 3.05) is 6.61 Å². The van der Waals surface area contributed by atoms with Gasteiger partial charge in [-0.25, -0.2) is 10.9 Å². The highest BCUT2D eigenvalue weighted by Gasteiger charge is 2.49. The monoisotopic (exact) mass is 401 g/mol. The predicted molar refractivity (Wildman–Crippen MR) is 107 cm³/mol. The van der Waals surface area contributed by atoms with E-state index in [9.17, 15) is 9.90 Å². The molecule has 148 valence electrons. The number of hydrogen-bond donors (Lipinski definition) is 4. The summed E-state index contributed by atoms with van der Waals surface area (Å²) in [6.45, 7) is 2.51. The van der Waals surface area contributed by atoms with Crippen LogP contribution in [-0.2, 0) is 4.79 Å². The minimum Gasteiger partial charge on any atom is -0.494 e. The number of carbonyl (C=O) groups is 1. The Morgan fingerprint density at radius 3 is 2.64 bits per heavy atom. The molecule has 0 spiro atoms. The van der Waals surface area contributed by atoms with E-state index in [1.54, 1.807) is 0 Å². The molecule has 4 N–H and O–H groups in total. The third-order valence-corrected chi connectivity index (χ3v) is 5.89. The van der Waals surface area contributed by atoms with Crippen molar-refractivity contribution in [1.29, 1.82) is 0 Å². The summed E-state index contributed by atoms with van der Waals surface area (Å²) in [5.41, 5.74) is 8.55. The molecule has 0 saturated carbocycles. The van der Waals surface area contributed by atoms with Crippen LogP contribution >= 0.6 is 11.6 Å². The molecule has 6 nitrogen and oxygen atoms in total. The number of carboxylic acid groups (broad SMARTS) is 1. The summed E-state index contributed by atoms with van der Waals surface area (Å²) < 4.78 is 5.76. The number of para-hydroxylation sites is 1. The number of benzene rings is 2. The summed E-state index contributed by atoms with van der Waals surface area (Å²) in [6.07, 6.45) is 0.323. The summed E-state index contributed by atoms with van der Waals surface area (Å²) in [5, 5.41) is 14.2. The fourth-order valence-electron chi connectivity index (χ4n) is 4.39. The maximum Gasteiger partial charge on any atom is 0.307 e. The fraction of sp³-hybridized carbons (Fsp3) is 0.381. The second-order valence-corrected chi connectivity index (χ2v) is 7.68. The number of aliphatic carboxylic acids is 1. The van der Waals surface area contributed by atoms with E-state index in [-0.39, 0.29) is 24.2 Å². The van der Waals surface area contributed by atoms with Crippen LogP contribution in [0.5, 0.6) is 5.75 Å². The highest BCUT2D eigenvalue weighted by Crippen LogP contribution is 2.43. The first-order chi connectivity index (χ1) is 13.6. The molecule has 0 amide bonds. The number of hydrogen-bond acceptors (Lipinski definition) is 5. The number of hydrazine groups is 1. The van der Waals surface area contributed by atoms with E-state index >= 15 is 0 Å². The first kappa shape index (κ1) is 19.2. The van der Waals surface area contributed by atoms with Crippen molar-refractivity contribution >= 4 is 17.6 Å². The topological polar surface area (TPSA) is 82.6 Å². The maximum atomic E-state index is 12.2. The van der Waals surface area contributed by atoms with Crippen LogP contribution in [0.25, 0.3) is 0 Å². The molecular weight excluding hydrogens is 378 g/mol. The Morgan fingerprint density at radius 2 is 1.93 bits per heavy atom. The first-order valence-corrected chi connectivity index (χ1v) is 9.93. The zero-order valence-electron chi connectivity index (χ0n) is 15.6. The quantitative estimate of drug-likeness (QED) is 0.615. The van der Waals surface area contributed by atoms with Crippen LogP contribution in [0.15, 0.2) is 48.5 Å². The van der Waals surface area contributed by atoms with Gasteiger partial charge in [-0.3, -0.25) is 10.1 Å². The Bertz CT molecular complexity index is 845. The van der Waals surface area contributed by atoms with Crippen LogP contribution in [0, 0.1) is 11.8 Å². The van der Waals surface area contributed by atoms with Crippen molar-refractivity contribution < 1.29 is 14.6 Å². The lowest BCUT2D eigenvalue weighted by molar-refractivity contribution is -0.146. The molecule has 2 saturated heterocycles. The Hall–Kier alpha value is -2.12. The van der Waals surface area contributed by atoms with Crippen molar-refractivity contribution in [1.82, 2.24) is 16.2 Å². The smallest absolute Gasteiger partial charge is 0.307 e. The minimum absolute atomic E-state index is 0.108. The summed E-state index contributed by atoms with van der Waals surface area (Å²) in [7, 11) is 0. The first-order valence-electron chi connectivity index (χ1n) is 9.55. The standard InChI is InChI=1S/C21H24ClN3O3/c1-2-28-17-6-4-3-5-14(17)16-11-15(21(26)27)18-19(24-25-20(18)23-16)12-7-9-13(22)10-8-12/h3-10,15-16,18-20,23-25H,2,11H2,1H3,(H,26,27). The fourth-order valence-corrected chi connectivity index (χ4v) is 4.52. The Morgan fingerprint density at radius 1 is 1.18 bits per heavy atom. The molecule has 2 fully saturated rings.